The third-order valence-corrected chi connectivity index (χ3v) is 7.76. The number of carbonyl (C=O) groups is 1. The van der Waals surface area contributed by atoms with Crippen molar-refractivity contribution in [3.05, 3.63) is 63.7 Å². The fourth-order valence-corrected chi connectivity index (χ4v) is 5.65. The Bertz CT molecular complexity index is 1560. The molecule has 0 aliphatic carbocycles. The number of hydrogen-bond acceptors (Lipinski definition) is 8. The van der Waals surface area contributed by atoms with E-state index < -0.39 is 5.60 Å². The average Bonchev–Trinajstić information content (AvgIpc) is 3.51. The zero-order valence-corrected chi connectivity index (χ0v) is 23.9. The van der Waals surface area contributed by atoms with E-state index in [9.17, 15) is 14.4 Å². The molecule has 5 rings (SSSR count). The normalized spacial score (nSPS) is 14.3. The minimum absolute atomic E-state index is 0.221. The highest BCUT2D eigenvalue weighted by Gasteiger charge is 2.28. The summed E-state index contributed by atoms with van der Waals surface area (Å²) in [6.07, 6.45) is 5.90. The highest BCUT2D eigenvalue weighted by Crippen LogP contribution is 2.31. The van der Waals surface area contributed by atoms with Gasteiger partial charge in [0.2, 0.25) is 0 Å². The van der Waals surface area contributed by atoms with E-state index in [0.717, 1.165) is 47.1 Å². The van der Waals surface area contributed by atoms with E-state index in [1.54, 1.807) is 23.2 Å². The first-order valence-electron chi connectivity index (χ1n) is 13.4. The van der Waals surface area contributed by atoms with Gasteiger partial charge in [0.15, 0.2) is 5.65 Å². The molecule has 1 N–H and O–H groups in total. The van der Waals surface area contributed by atoms with Crippen molar-refractivity contribution in [3.63, 3.8) is 0 Å². The predicted octanol–water partition coefficient (Wildman–Crippen LogP) is 6.15. The van der Waals surface area contributed by atoms with Gasteiger partial charge in [0, 0.05) is 30.8 Å². The number of halogens is 1. The van der Waals surface area contributed by atoms with Gasteiger partial charge in [-0.25, -0.2) is 19.2 Å². The molecule has 9 nitrogen and oxygen atoms in total. The number of benzene rings is 1. The SMILES string of the molecule is CCc1nc2cnc(C3CCN(C(=O)OC(C)(C)C)CC3)cn2c1NCc1nc(-c2ccc(F)cc2)c(C#N)s1. The number of piperidine rings is 1. The number of ether oxygens (including phenoxy) is 1. The van der Waals surface area contributed by atoms with E-state index in [2.05, 4.69) is 23.3 Å². The van der Waals surface area contributed by atoms with Crippen LogP contribution in [0.15, 0.2) is 36.7 Å². The molecule has 4 aromatic rings. The molecule has 1 amide bonds. The third-order valence-electron chi connectivity index (χ3n) is 6.80. The van der Waals surface area contributed by atoms with Gasteiger partial charge in [0.1, 0.15) is 33.2 Å². The van der Waals surface area contributed by atoms with Crippen LogP contribution in [0.2, 0.25) is 0 Å². The molecule has 4 heterocycles. The lowest BCUT2D eigenvalue weighted by atomic mass is 9.94. The van der Waals surface area contributed by atoms with Gasteiger partial charge >= 0.3 is 6.09 Å². The molecule has 208 valence electrons. The fourth-order valence-electron chi connectivity index (χ4n) is 4.83. The zero-order valence-electron chi connectivity index (χ0n) is 23.1. The van der Waals surface area contributed by atoms with Gasteiger partial charge in [-0.15, -0.1) is 11.3 Å². The Hall–Kier alpha value is -4.04. The molecule has 1 saturated heterocycles. The number of anilines is 1. The van der Waals surface area contributed by atoms with Crippen molar-refractivity contribution in [3.8, 4) is 17.3 Å². The Morgan fingerprint density at radius 1 is 1.23 bits per heavy atom. The van der Waals surface area contributed by atoms with Crippen LogP contribution in [0.1, 0.15) is 67.7 Å². The number of carbonyl (C=O) groups excluding carboxylic acids is 1. The summed E-state index contributed by atoms with van der Waals surface area (Å²) in [5.41, 5.74) is 3.37. The molecule has 40 heavy (non-hydrogen) atoms. The van der Waals surface area contributed by atoms with Crippen LogP contribution in [0.5, 0.6) is 0 Å². The maximum atomic E-state index is 13.4. The monoisotopic (exact) mass is 561 g/mol. The first-order valence-corrected chi connectivity index (χ1v) is 14.2. The Morgan fingerprint density at radius 3 is 2.60 bits per heavy atom. The molecule has 3 aromatic heterocycles. The lowest BCUT2D eigenvalue weighted by Gasteiger charge is -2.33. The molecular weight excluding hydrogens is 529 g/mol. The number of amides is 1. The Labute approximate surface area is 236 Å². The topological polar surface area (TPSA) is 108 Å². The highest BCUT2D eigenvalue weighted by molar-refractivity contribution is 7.12. The largest absolute Gasteiger partial charge is 0.444 e. The maximum absolute atomic E-state index is 13.4. The van der Waals surface area contributed by atoms with Crippen LogP contribution in [0.4, 0.5) is 15.0 Å². The molecule has 0 radical (unpaired) electrons. The first kappa shape index (κ1) is 27.5. The predicted molar refractivity (Wildman–Crippen MR) is 152 cm³/mol. The summed E-state index contributed by atoms with van der Waals surface area (Å²) in [6, 6.07) is 8.22. The smallest absolute Gasteiger partial charge is 0.410 e. The van der Waals surface area contributed by atoms with E-state index in [1.807, 2.05) is 31.4 Å². The number of rotatable bonds is 6. The molecule has 1 fully saturated rings. The number of aromatic nitrogens is 4. The number of hydrogen-bond donors (Lipinski definition) is 1. The van der Waals surface area contributed by atoms with Gasteiger partial charge < -0.3 is 15.0 Å². The second-order valence-corrected chi connectivity index (χ2v) is 11.9. The van der Waals surface area contributed by atoms with Crippen molar-refractivity contribution in [2.75, 3.05) is 18.4 Å². The first-order chi connectivity index (χ1) is 19.1. The van der Waals surface area contributed by atoms with E-state index >= 15 is 0 Å². The third kappa shape index (κ3) is 5.92. The molecule has 1 aliphatic rings. The molecule has 1 aliphatic heterocycles. The summed E-state index contributed by atoms with van der Waals surface area (Å²) in [5, 5.41) is 13.9. The second kappa shape index (κ2) is 11.2. The summed E-state index contributed by atoms with van der Waals surface area (Å²) in [7, 11) is 0. The summed E-state index contributed by atoms with van der Waals surface area (Å²) >= 11 is 1.32. The lowest BCUT2D eigenvalue weighted by Crippen LogP contribution is -2.41. The minimum atomic E-state index is -0.514. The lowest BCUT2D eigenvalue weighted by molar-refractivity contribution is 0.0204. The van der Waals surface area contributed by atoms with Gasteiger partial charge in [0.05, 0.1) is 29.8 Å². The number of nitrogens with one attached hydrogen (secondary N) is 1. The molecule has 0 atom stereocenters. The van der Waals surface area contributed by atoms with Crippen molar-refractivity contribution in [1.82, 2.24) is 24.3 Å². The van der Waals surface area contributed by atoms with Gasteiger partial charge in [-0.3, -0.25) is 9.38 Å². The van der Waals surface area contributed by atoms with Crippen molar-refractivity contribution in [2.24, 2.45) is 0 Å². The number of fused-ring (bicyclic) bond motifs is 1. The van der Waals surface area contributed by atoms with Crippen LogP contribution in [-0.4, -0.2) is 49.0 Å². The van der Waals surface area contributed by atoms with Crippen molar-refractivity contribution >= 4 is 28.9 Å². The molecule has 0 bridgehead atoms. The fraction of sp³-hybridized carbons (Fsp3) is 0.414. The highest BCUT2D eigenvalue weighted by atomic mass is 32.1. The zero-order chi connectivity index (χ0) is 28.4. The van der Waals surface area contributed by atoms with E-state index in [1.165, 1.54) is 23.5 Å². The van der Waals surface area contributed by atoms with Gasteiger partial charge in [-0.1, -0.05) is 6.92 Å². The van der Waals surface area contributed by atoms with E-state index in [0.29, 0.717) is 35.8 Å². The standard InChI is InChI=1S/C29H32FN7O2S/c1-5-21-27(33-16-25-35-26(23(14-31)40-25)19-6-8-20(30)9-7-19)37-17-22(32-15-24(37)34-21)18-10-12-36(13-11-18)28(38)39-29(2,3)4/h6-9,15,17-18,33H,5,10-13,16H2,1-4H3. The van der Waals surface area contributed by atoms with Gasteiger partial charge in [-0.2, -0.15) is 5.26 Å². The van der Waals surface area contributed by atoms with Crippen LogP contribution in [0, 0.1) is 17.1 Å². The number of imidazole rings is 1. The summed E-state index contributed by atoms with van der Waals surface area (Å²) < 4.78 is 20.9. The molecule has 11 heteroatoms. The minimum Gasteiger partial charge on any atom is -0.444 e. The summed E-state index contributed by atoms with van der Waals surface area (Å²) in [4.78, 5) is 28.9. The Balaban J connectivity index is 1.33. The molecular formula is C29H32FN7O2S. The van der Waals surface area contributed by atoms with Crippen LogP contribution in [0.3, 0.4) is 0 Å². The summed E-state index contributed by atoms with van der Waals surface area (Å²) in [6.45, 7) is 9.33. The number of nitriles is 1. The number of likely N-dealkylation sites (tertiary alicyclic amines) is 1. The average molecular weight is 562 g/mol. The van der Waals surface area contributed by atoms with Crippen LogP contribution < -0.4 is 5.32 Å². The van der Waals surface area contributed by atoms with Crippen molar-refractivity contribution < 1.29 is 13.9 Å². The molecule has 1 aromatic carbocycles. The Morgan fingerprint density at radius 2 is 1.95 bits per heavy atom. The second-order valence-electron chi connectivity index (χ2n) is 10.8. The van der Waals surface area contributed by atoms with Gasteiger partial charge in [-0.05, 0) is 64.3 Å². The number of aryl methyl sites for hydroxylation is 1. The van der Waals surface area contributed by atoms with Crippen molar-refractivity contribution in [1.29, 1.82) is 5.26 Å². The van der Waals surface area contributed by atoms with E-state index in [-0.39, 0.29) is 17.8 Å². The molecule has 0 spiro atoms. The van der Waals surface area contributed by atoms with Crippen molar-refractivity contribution in [2.45, 2.75) is 65.0 Å². The maximum Gasteiger partial charge on any atom is 0.410 e. The number of thiazole rings is 1. The Kier molecular flexibility index (Phi) is 7.72. The van der Waals surface area contributed by atoms with Crippen LogP contribution in [0.25, 0.3) is 16.9 Å². The number of nitrogens with zero attached hydrogens (tertiary/aromatic N) is 6. The summed E-state index contributed by atoms with van der Waals surface area (Å²) in [5.74, 6) is 0.754. The quantitative estimate of drug-likeness (QED) is 0.301. The molecule has 0 unspecified atom stereocenters. The van der Waals surface area contributed by atoms with Crippen LogP contribution in [-0.2, 0) is 17.7 Å². The van der Waals surface area contributed by atoms with Crippen LogP contribution >= 0.6 is 11.3 Å². The van der Waals surface area contributed by atoms with Gasteiger partial charge in [0.25, 0.3) is 0 Å². The molecule has 0 saturated carbocycles. The van der Waals surface area contributed by atoms with E-state index in [4.69, 9.17) is 14.7 Å².